The van der Waals surface area contributed by atoms with E-state index in [9.17, 15) is 9.59 Å². The number of benzene rings is 1. The van der Waals surface area contributed by atoms with Crippen molar-refractivity contribution in [3.05, 3.63) is 30.3 Å². The maximum Gasteiger partial charge on any atom is 0.305 e. The van der Waals surface area contributed by atoms with Crippen LogP contribution in [-0.4, -0.2) is 48.9 Å². The molecule has 0 atom stereocenters. The standard InChI is InChI=1S/C32H53Br2NO4/c33-24-18-11-7-3-1-5-9-16-22-31(36)38-28-26-35(30-20-14-13-15-21-30)27-29-39-32(37)23-17-10-6-2-4-8-12-19-25-34/h13-15,20-21H,1-12,16-19,22-29H2. The van der Waals surface area contributed by atoms with Gasteiger partial charge in [-0.05, 0) is 37.8 Å². The molecule has 1 aromatic carbocycles. The van der Waals surface area contributed by atoms with Crippen molar-refractivity contribution < 1.29 is 19.1 Å². The van der Waals surface area contributed by atoms with E-state index < -0.39 is 0 Å². The van der Waals surface area contributed by atoms with Crippen molar-refractivity contribution in [2.45, 2.75) is 116 Å². The first-order valence-corrected chi connectivity index (χ1v) is 17.6. The van der Waals surface area contributed by atoms with E-state index in [4.69, 9.17) is 9.47 Å². The molecule has 0 spiro atoms. The predicted molar refractivity (Wildman–Crippen MR) is 171 cm³/mol. The Morgan fingerprint density at radius 1 is 0.538 bits per heavy atom. The van der Waals surface area contributed by atoms with Gasteiger partial charge in [0.25, 0.3) is 0 Å². The molecular weight excluding hydrogens is 622 g/mol. The summed E-state index contributed by atoms with van der Waals surface area (Å²) in [4.78, 5) is 26.5. The summed E-state index contributed by atoms with van der Waals surface area (Å²) in [5, 5.41) is 2.20. The second kappa shape index (κ2) is 27.1. The van der Waals surface area contributed by atoms with E-state index in [1.165, 1.54) is 77.0 Å². The van der Waals surface area contributed by atoms with Crippen molar-refractivity contribution in [3.8, 4) is 0 Å². The average molecular weight is 676 g/mol. The smallest absolute Gasteiger partial charge is 0.305 e. The second-order valence-corrected chi connectivity index (χ2v) is 11.9. The summed E-state index contributed by atoms with van der Waals surface area (Å²) >= 11 is 6.95. The van der Waals surface area contributed by atoms with Gasteiger partial charge in [0.1, 0.15) is 13.2 Å². The van der Waals surface area contributed by atoms with Crippen LogP contribution in [0.4, 0.5) is 5.69 Å². The Hall–Kier alpha value is -1.08. The molecule has 0 unspecified atom stereocenters. The molecule has 0 bridgehead atoms. The van der Waals surface area contributed by atoms with Gasteiger partial charge in [0.2, 0.25) is 0 Å². The van der Waals surface area contributed by atoms with Crippen LogP contribution in [0, 0.1) is 0 Å². The number of halogens is 2. The van der Waals surface area contributed by atoms with E-state index in [2.05, 4.69) is 36.8 Å². The van der Waals surface area contributed by atoms with Crippen LogP contribution in [-0.2, 0) is 19.1 Å². The van der Waals surface area contributed by atoms with E-state index in [0.717, 1.165) is 42.0 Å². The van der Waals surface area contributed by atoms with Gasteiger partial charge in [-0.15, -0.1) is 0 Å². The van der Waals surface area contributed by atoms with Crippen LogP contribution in [0.2, 0.25) is 0 Å². The number of esters is 2. The number of ether oxygens (including phenoxy) is 2. The molecule has 0 amide bonds. The topological polar surface area (TPSA) is 55.8 Å². The number of nitrogens with zero attached hydrogens (tertiary/aromatic N) is 1. The molecule has 1 aromatic rings. The number of carbonyl (C=O) groups excluding carboxylic acids is 2. The third-order valence-corrected chi connectivity index (χ3v) is 8.02. The summed E-state index contributed by atoms with van der Waals surface area (Å²) in [6, 6.07) is 10.0. The van der Waals surface area contributed by atoms with Crippen LogP contribution in [0.25, 0.3) is 0 Å². The fourth-order valence-electron chi connectivity index (χ4n) is 4.54. The highest BCUT2D eigenvalue weighted by molar-refractivity contribution is 9.09. The Labute approximate surface area is 255 Å². The molecular formula is C32H53Br2NO4. The van der Waals surface area contributed by atoms with Gasteiger partial charge in [-0.3, -0.25) is 9.59 Å². The quantitative estimate of drug-likeness (QED) is 0.0529. The Morgan fingerprint density at radius 3 is 1.28 bits per heavy atom. The van der Waals surface area contributed by atoms with Crippen molar-refractivity contribution in [3.63, 3.8) is 0 Å². The molecule has 0 aliphatic rings. The molecule has 0 saturated carbocycles. The molecule has 0 radical (unpaired) electrons. The minimum Gasteiger partial charge on any atom is -0.464 e. The third kappa shape index (κ3) is 22.3. The molecule has 39 heavy (non-hydrogen) atoms. The molecule has 0 aromatic heterocycles. The van der Waals surface area contributed by atoms with Gasteiger partial charge in [0.15, 0.2) is 0 Å². The predicted octanol–water partition coefficient (Wildman–Crippen LogP) is 9.39. The number of anilines is 1. The summed E-state index contributed by atoms with van der Waals surface area (Å²) < 4.78 is 11.0. The molecule has 5 nitrogen and oxygen atoms in total. The molecule has 1 rings (SSSR count). The molecule has 0 aliphatic heterocycles. The zero-order valence-corrected chi connectivity index (χ0v) is 27.4. The maximum absolute atomic E-state index is 12.2. The highest BCUT2D eigenvalue weighted by atomic mass is 79.9. The van der Waals surface area contributed by atoms with E-state index in [-0.39, 0.29) is 11.9 Å². The fourth-order valence-corrected chi connectivity index (χ4v) is 5.33. The zero-order chi connectivity index (χ0) is 28.2. The van der Waals surface area contributed by atoms with Crippen LogP contribution < -0.4 is 4.90 Å². The van der Waals surface area contributed by atoms with Gasteiger partial charge in [-0.2, -0.15) is 0 Å². The van der Waals surface area contributed by atoms with Crippen LogP contribution >= 0.6 is 31.9 Å². The van der Waals surface area contributed by atoms with Gasteiger partial charge in [0.05, 0.1) is 13.1 Å². The van der Waals surface area contributed by atoms with Crippen molar-refractivity contribution in [2.24, 2.45) is 0 Å². The number of rotatable bonds is 27. The van der Waals surface area contributed by atoms with Crippen LogP contribution in [0.1, 0.15) is 116 Å². The molecule has 0 N–H and O–H groups in total. The van der Waals surface area contributed by atoms with Gasteiger partial charge in [0, 0.05) is 29.2 Å². The lowest BCUT2D eigenvalue weighted by molar-refractivity contribution is -0.143. The minimum atomic E-state index is -0.120. The normalized spacial score (nSPS) is 10.9. The first-order chi connectivity index (χ1) is 19.2. The van der Waals surface area contributed by atoms with Gasteiger partial charge < -0.3 is 14.4 Å². The summed E-state index contributed by atoms with van der Waals surface area (Å²) in [5.74, 6) is -0.239. The number of carbonyl (C=O) groups is 2. The number of hydrogen-bond donors (Lipinski definition) is 0. The number of alkyl halides is 2. The Kier molecular flexibility index (Phi) is 25.0. The third-order valence-electron chi connectivity index (χ3n) is 6.90. The van der Waals surface area contributed by atoms with E-state index in [1.807, 2.05) is 30.3 Å². The first kappa shape index (κ1) is 35.9. The van der Waals surface area contributed by atoms with E-state index >= 15 is 0 Å². The monoisotopic (exact) mass is 673 g/mol. The van der Waals surface area contributed by atoms with Crippen molar-refractivity contribution in [2.75, 3.05) is 41.9 Å². The molecule has 7 heteroatoms. The molecule has 0 aliphatic carbocycles. The van der Waals surface area contributed by atoms with E-state index in [0.29, 0.717) is 39.1 Å². The van der Waals surface area contributed by atoms with E-state index in [1.54, 1.807) is 0 Å². The summed E-state index contributed by atoms with van der Waals surface area (Å²) in [6.07, 6.45) is 20.2. The lowest BCUT2D eigenvalue weighted by atomic mass is 10.1. The maximum atomic E-state index is 12.2. The lowest BCUT2D eigenvalue weighted by Crippen LogP contribution is -2.32. The van der Waals surface area contributed by atoms with Crippen LogP contribution in [0.5, 0.6) is 0 Å². The highest BCUT2D eigenvalue weighted by Crippen LogP contribution is 2.14. The summed E-state index contributed by atoms with van der Waals surface area (Å²) in [7, 11) is 0. The van der Waals surface area contributed by atoms with Crippen LogP contribution in [0.3, 0.4) is 0 Å². The Balaban J connectivity index is 2.16. The number of hydrogen-bond acceptors (Lipinski definition) is 5. The SMILES string of the molecule is O=C(CCCCCCCCCCBr)OCCN(CCOC(=O)CCCCCCCCCCBr)c1ccccc1. The van der Waals surface area contributed by atoms with Gasteiger partial charge in [-0.25, -0.2) is 0 Å². The second-order valence-electron chi connectivity index (χ2n) is 10.3. The summed E-state index contributed by atoms with van der Waals surface area (Å²) in [6.45, 7) is 1.84. The zero-order valence-electron chi connectivity index (χ0n) is 24.2. The van der Waals surface area contributed by atoms with Crippen molar-refractivity contribution in [1.82, 2.24) is 0 Å². The highest BCUT2D eigenvalue weighted by Gasteiger charge is 2.10. The Morgan fingerprint density at radius 2 is 0.897 bits per heavy atom. The molecule has 0 heterocycles. The minimum absolute atomic E-state index is 0.120. The van der Waals surface area contributed by atoms with Crippen molar-refractivity contribution in [1.29, 1.82) is 0 Å². The lowest BCUT2D eigenvalue weighted by Gasteiger charge is -2.24. The van der Waals surface area contributed by atoms with Gasteiger partial charge >= 0.3 is 11.9 Å². The number of unbranched alkanes of at least 4 members (excludes halogenated alkanes) is 14. The molecule has 0 fully saturated rings. The molecule has 0 saturated heterocycles. The average Bonchev–Trinajstić information content (AvgIpc) is 2.95. The first-order valence-electron chi connectivity index (χ1n) is 15.4. The van der Waals surface area contributed by atoms with Crippen LogP contribution in [0.15, 0.2) is 30.3 Å². The fraction of sp³-hybridized carbons (Fsp3) is 0.750. The largest absolute Gasteiger partial charge is 0.464 e. The van der Waals surface area contributed by atoms with Gasteiger partial charge in [-0.1, -0.05) is 127 Å². The summed E-state index contributed by atoms with van der Waals surface area (Å²) in [5.41, 5.74) is 1.04. The molecule has 224 valence electrons. The number of para-hydroxylation sites is 1. The Bertz CT molecular complexity index is 665. The van der Waals surface area contributed by atoms with Crippen molar-refractivity contribution >= 4 is 49.5 Å².